The Bertz CT molecular complexity index is 833. The van der Waals surface area contributed by atoms with Crippen molar-refractivity contribution in [2.75, 3.05) is 57.3 Å². The molecule has 7 nitrogen and oxygen atoms in total. The van der Waals surface area contributed by atoms with Crippen molar-refractivity contribution >= 4 is 11.9 Å². The first-order valence-electron chi connectivity index (χ1n) is 11.0. The second-order valence-corrected chi connectivity index (χ2v) is 8.39. The first-order chi connectivity index (χ1) is 15.0. The number of anilines is 1. The molecule has 1 aromatic heterocycles. The van der Waals surface area contributed by atoms with Gasteiger partial charge in [0.1, 0.15) is 5.82 Å². The van der Waals surface area contributed by atoms with E-state index in [1.165, 1.54) is 6.07 Å². The molecular formula is C23H34FN7. The van der Waals surface area contributed by atoms with Crippen LogP contribution in [0.2, 0.25) is 0 Å². The number of halogens is 1. The molecule has 1 aliphatic rings. The van der Waals surface area contributed by atoms with E-state index < -0.39 is 0 Å². The maximum Gasteiger partial charge on any atom is 0.225 e. The molecule has 2 heterocycles. The fraction of sp³-hybridized carbons (Fsp3) is 0.522. The first kappa shape index (κ1) is 22.9. The highest BCUT2D eigenvalue weighted by molar-refractivity contribution is 5.79. The zero-order valence-corrected chi connectivity index (χ0v) is 18.8. The van der Waals surface area contributed by atoms with E-state index in [2.05, 4.69) is 51.2 Å². The summed E-state index contributed by atoms with van der Waals surface area (Å²) in [5.74, 6) is 1.39. The number of piperazine rings is 1. The van der Waals surface area contributed by atoms with Crippen molar-refractivity contribution < 1.29 is 4.39 Å². The molecule has 1 aliphatic heterocycles. The number of hydrogen-bond donors (Lipinski definition) is 2. The topological polar surface area (TPSA) is 68.7 Å². The van der Waals surface area contributed by atoms with Crippen LogP contribution < -0.4 is 15.5 Å². The second-order valence-electron chi connectivity index (χ2n) is 8.39. The molecule has 0 radical (unpaired) electrons. The zero-order chi connectivity index (χ0) is 22.1. The molecule has 0 aliphatic carbocycles. The van der Waals surface area contributed by atoms with Crippen molar-refractivity contribution in [3.63, 3.8) is 0 Å². The van der Waals surface area contributed by atoms with E-state index in [1.54, 1.807) is 24.5 Å². The van der Waals surface area contributed by atoms with Crippen LogP contribution in [0, 0.1) is 5.82 Å². The van der Waals surface area contributed by atoms with Crippen molar-refractivity contribution in [2.24, 2.45) is 4.99 Å². The Morgan fingerprint density at radius 1 is 1.10 bits per heavy atom. The van der Waals surface area contributed by atoms with Gasteiger partial charge in [-0.1, -0.05) is 26.0 Å². The van der Waals surface area contributed by atoms with Gasteiger partial charge in [-0.25, -0.2) is 14.4 Å². The third-order valence-corrected chi connectivity index (χ3v) is 5.51. The van der Waals surface area contributed by atoms with Gasteiger partial charge in [0.25, 0.3) is 0 Å². The Hall–Kier alpha value is -2.74. The van der Waals surface area contributed by atoms with Crippen molar-refractivity contribution in [1.82, 2.24) is 25.5 Å². The molecule has 31 heavy (non-hydrogen) atoms. The SMILES string of the molecule is CCNC(=NCC(C)(C)c1cccc(F)c1)NCCN1CCN(c2ncccn2)CC1. The van der Waals surface area contributed by atoms with Crippen LogP contribution >= 0.6 is 0 Å². The van der Waals surface area contributed by atoms with Crippen LogP contribution in [-0.4, -0.2) is 73.2 Å². The lowest BCUT2D eigenvalue weighted by Crippen LogP contribution is -2.49. The van der Waals surface area contributed by atoms with E-state index in [0.29, 0.717) is 6.54 Å². The van der Waals surface area contributed by atoms with E-state index in [9.17, 15) is 4.39 Å². The standard InChI is InChI=1S/C23H34FN7/c1-4-25-21(29-18-23(2,3)19-7-5-8-20(24)17-19)26-11-12-30-13-15-31(16-14-30)22-27-9-6-10-28-22/h5-10,17H,4,11-16,18H2,1-3H3,(H2,25,26,29). The van der Waals surface area contributed by atoms with Gasteiger partial charge < -0.3 is 15.5 Å². The van der Waals surface area contributed by atoms with Crippen LogP contribution in [0.5, 0.6) is 0 Å². The number of rotatable bonds is 8. The second kappa shape index (κ2) is 11.0. The van der Waals surface area contributed by atoms with E-state index in [-0.39, 0.29) is 11.2 Å². The number of hydrogen-bond acceptors (Lipinski definition) is 5. The van der Waals surface area contributed by atoms with Gasteiger partial charge in [0.2, 0.25) is 5.95 Å². The summed E-state index contributed by atoms with van der Waals surface area (Å²) in [5.41, 5.74) is 0.702. The van der Waals surface area contributed by atoms with E-state index >= 15 is 0 Å². The third-order valence-electron chi connectivity index (χ3n) is 5.51. The Kier molecular flexibility index (Phi) is 8.17. The predicted molar refractivity (Wildman–Crippen MR) is 124 cm³/mol. The zero-order valence-electron chi connectivity index (χ0n) is 18.8. The minimum atomic E-state index is -0.250. The minimum Gasteiger partial charge on any atom is -0.357 e. The lowest BCUT2D eigenvalue weighted by Gasteiger charge is -2.34. The van der Waals surface area contributed by atoms with Gasteiger partial charge in [0, 0.05) is 63.6 Å². The van der Waals surface area contributed by atoms with Crippen LogP contribution in [0.4, 0.5) is 10.3 Å². The Morgan fingerprint density at radius 3 is 2.52 bits per heavy atom. The van der Waals surface area contributed by atoms with Crippen LogP contribution in [0.15, 0.2) is 47.7 Å². The Labute approximate surface area is 184 Å². The largest absolute Gasteiger partial charge is 0.357 e. The molecule has 2 aromatic rings. The van der Waals surface area contributed by atoms with Crippen molar-refractivity contribution in [2.45, 2.75) is 26.2 Å². The fourth-order valence-corrected chi connectivity index (χ4v) is 3.58. The average Bonchev–Trinajstić information content (AvgIpc) is 2.78. The minimum absolute atomic E-state index is 0.210. The van der Waals surface area contributed by atoms with Crippen LogP contribution in [0.1, 0.15) is 26.3 Å². The van der Waals surface area contributed by atoms with E-state index in [4.69, 9.17) is 4.99 Å². The summed E-state index contributed by atoms with van der Waals surface area (Å²) >= 11 is 0. The molecule has 1 aromatic carbocycles. The van der Waals surface area contributed by atoms with Crippen LogP contribution in [0.3, 0.4) is 0 Å². The van der Waals surface area contributed by atoms with Gasteiger partial charge in [-0.05, 0) is 30.7 Å². The van der Waals surface area contributed by atoms with Gasteiger partial charge in [0.15, 0.2) is 5.96 Å². The highest BCUT2D eigenvalue weighted by Crippen LogP contribution is 2.24. The average molecular weight is 428 g/mol. The summed E-state index contributed by atoms with van der Waals surface area (Å²) in [7, 11) is 0. The lowest BCUT2D eigenvalue weighted by atomic mass is 9.85. The maximum atomic E-state index is 13.6. The van der Waals surface area contributed by atoms with Gasteiger partial charge in [-0.2, -0.15) is 0 Å². The van der Waals surface area contributed by atoms with E-state index in [1.807, 2.05) is 12.1 Å². The van der Waals surface area contributed by atoms with Crippen molar-refractivity contribution in [3.05, 3.63) is 54.1 Å². The molecule has 1 saturated heterocycles. The van der Waals surface area contributed by atoms with E-state index in [0.717, 1.165) is 63.3 Å². The number of nitrogens with one attached hydrogen (secondary N) is 2. The van der Waals surface area contributed by atoms with Crippen LogP contribution in [0.25, 0.3) is 0 Å². The Morgan fingerprint density at radius 2 is 1.84 bits per heavy atom. The van der Waals surface area contributed by atoms with Gasteiger partial charge >= 0.3 is 0 Å². The molecule has 0 atom stereocenters. The quantitative estimate of drug-likeness (QED) is 0.498. The molecule has 3 rings (SSSR count). The summed E-state index contributed by atoms with van der Waals surface area (Å²) in [4.78, 5) is 18.1. The van der Waals surface area contributed by atoms with Crippen LogP contribution in [-0.2, 0) is 5.41 Å². The molecule has 1 fully saturated rings. The molecule has 0 amide bonds. The summed E-state index contributed by atoms with van der Waals surface area (Å²) in [6, 6.07) is 8.62. The van der Waals surface area contributed by atoms with Crippen molar-refractivity contribution in [3.8, 4) is 0 Å². The molecule has 0 bridgehead atoms. The summed E-state index contributed by atoms with van der Waals surface area (Å²) in [5, 5.41) is 6.74. The first-order valence-corrected chi connectivity index (χ1v) is 11.0. The van der Waals surface area contributed by atoms with Gasteiger partial charge in [0.05, 0.1) is 6.54 Å². The fourth-order valence-electron chi connectivity index (χ4n) is 3.58. The Balaban J connectivity index is 1.46. The molecule has 0 unspecified atom stereocenters. The number of aromatic nitrogens is 2. The molecule has 0 spiro atoms. The molecule has 2 N–H and O–H groups in total. The highest BCUT2D eigenvalue weighted by Gasteiger charge is 2.21. The molecular weight excluding hydrogens is 393 g/mol. The lowest BCUT2D eigenvalue weighted by molar-refractivity contribution is 0.260. The monoisotopic (exact) mass is 427 g/mol. The number of benzene rings is 1. The molecule has 0 saturated carbocycles. The van der Waals surface area contributed by atoms with Gasteiger partial charge in [-0.3, -0.25) is 9.89 Å². The molecule has 168 valence electrons. The number of guanidine groups is 1. The summed E-state index contributed by atoms with van der Waals surface area (Å²) in [6.07, 6.45) is 3.57. The predicted octanol–water partition coefficient (Wildman–Crippen LogP) is 2.27. The smallest absolute Gasteiger partial charge is 0.225 e. The number of aliphatic imine (C=N–C) groups is 1. The van der Waals surface area contributed by atoms with Gasteiger partial charge in [-0.15, -0.1) is 0 Å². The third kappa shape index (κ3) is 6.89. The summed E-state index contributed by atoms with van der Waals surface area (Å²) < 4.78 is 13.6. The highest BCUT2D eigenvalue weighted by atomic mass is 19.1. The molecule has 8 heteroatoms. The van der Waals surface area contributed by atoms with Crippen molar-refractivity contribution in [1.29, 1.82) is 0 Å². The normalized spacial score (nSPS) is 15.7. The number of nitrogens with zero attached hydrogens (tertiary/aromatic N) is 5. The maximum absolute atomic E-state index is 13.6. The summed E-state index contributed by atoms with van der Waals surface area (Å²) in [6.45, 7) is 13.2.